The largest absolute Gasteiger partial charge is 0.463 e. The van der Waals surface area contributed by atoms with Crippen molar-refractivity contribution in [2.75, 3.05) is 32.8 Å². The zero-order valence-corrected chi connectivity index (χ0v) is 27.2. The molecule has 1 aliphatic rings. The number of esters is 2. The Morgan fingerprint density at radius 1 is 0.721 bits per heavy atom. The fourth-order valence-electron chi connectivity index (χ4n) is 4.80. The minimum absolute atomic E-state index is 0.210. The number of rotatable bonds is 23. The molecule has 0 aliphatic carbocycles. The number of hydrogen-bond acceptors (Lipinski definition) is 9. The third-order valence-corrected chi connectivity index (χ3v) is 7.58. The highest BCUT2D eigenvalue weighted by Crippen LogP contribution is 2.29. The molecule has 0 radical (unpaired) electrons. The van der Waals surface area contributed by atoms with Gasteiger partial charge in [-0.05, 0) is 34.1 Å². The fraction of sp³-hybridized carbons (Fsp3) is 0.812. The molecule has 0 aromatic rings. The van der Waals surface area contributed by atoms with E-state index in [2.05, 4.69) is 6.92 Å². The van der Waals surface area contributed by atoms with Gasteiger partial charge in [-0.1, -0.05) is 84.0 Å². The van der Waals surface area contributed by atoms with Gasteiger partial charge in [-0.2, -0.15) is 0 Å². The Balaban J connectivity index is 2.55. The number of nitrogens with zero attached hydrogens (tertiary/aromatic N) is 2. The van der Waals surface area contributed by atoms with Gasteiger partial charge in [-0.15, -0.1) is 0 Å². The van der Waals surface area contributed by atoms with Gasteiger partial charge in [0.05, 0.1) is 0 Å². The van der Waals surface area contributed by atoms with E-state index in [0.717, 1.165) is 19.3 Å². The molecule has 1 rings (SSSR count). The number of aliphatic hydroxyl groups excluding tert-OH is 1. The lowest BCUT2D eigenvalue weighted by molar-refractivity contribution is -0.154. The first-order valence-electron chi connectivity index (χ1n) is 16.5. The third-order valence-electron chi connectivity index (χ3n) is 7.58. The molecule has 2 amide bonds. The molecular weight excluding hydrogens is 556 g/mol. The minimum atomic E-state index is -1.54. The van der Waals surface area contributed by atoms with Crippen LogP contribution in [0, 0.1) is 0 Å². The molecule has 248 valence electrons. The van der Waals surface area contributed by atoms with Crippen LogP contribution in [0.25, 0.3) is 0 Å². The van der Waals surface area contributed by atoms with Crippen molar-refractivity contribution in [3.63, 3.8) is 0 Å². The summed E-state index contributed by atoms with van der Waals surface area (Å²) in [7, 11) is 0. The molecule has 0 bridgehead atoms. The number of amides is 2. The summed E-state index contributed by atoms with van der Waals surface area (Å²) < 4.78 is 21.1. The minimum Gasteiger partial charge on any atom is -0.463 e. The topological polar surface area (TPSA) is 132 Å². The Kier molecular flexibility index (Phi) is 20.2. The van der Waals surface area contributed by atoms with Crippen LogP contribution in [0.1, 0.15) is 125 Å². The second-order valence-corrected chi connectivity index (χ2v) is 10.8. The van der Waals surface area contributed by atoms with Gasteiger partial charge in [-0.25, -0.2) is 14.4 Å². The highest BCUT2D eigenvalue weighted by Gasteiger charge is 2.45. The van der Waals surface area contributed by atoms with Gasteiger partial charge in [0.1, 0.15) is 12.7 Å². The molecule has 1 N–H and O–H groups in total. The van der Waals surface area contributed by atoms with Gasteiger partial charge in [0.25, 0.3) is 5.76 Å². The molecule has 0 saturated heterocycles. The highest BCUT2D eigenvalue weighted by molar-refractivity contribution is 5.93. The van der Waals surface area contributed by atoms with Crippen molar-refractivity contribution in [1.29, 1.82) is 0 Å². The maximum Gasteiger partial charge on any atom is 0.415 e. The van der Waals surface area contributed by atoms with Gasteiger partial charge in [-0.3, -0.25) is 4.79 Å². The Morgan fingerprint density at radius 3 is 1.63 bits per heavy atom. The van der Waals surface area contributed by atoms with E-state index < -0.39 is 54.5 Å². The molecular formula is C32H56N2O9. The average molecular weight is 613 g/mol. The first-order chi connectivity index (χ1) is 20.7. The zero-order chi connectivity index (χ0) is 32.0. The molecule has 0 aromatic heterocycles. The number of ether oxygens (including phenoxy) is 4. The molecule has 11 heteroatoms. The van der Waals surface area contributed by atoms with E-state index >= 15 is 0 Å². The maximum absolute atomic E-state index is 12.7. The fourth-order valence-corrected chi connectivity index (χ4v) is 4.80. The van der Waals surface area contributed by atoms with Crippen LogP contribution in [0.3, 0.4) is 0 Å². The van der Waals surface area contributed by atoms with E-state index in [1.165, 1.54) is 67.6 Å². The predicted octanol–water partition coefficient (Wildman–Crippen LogP) is 6.47. The van der Waals surface area contributed by atoms with Crippen LogP contribution in [-0.2, 0) is 28.5 Å². The molecule has 0 aromatic carbocycles. The van der Waals surface area contributed by atoms with E-state index in [4.69, 9.17) is 18.9 Å². The summed E-state index contributed by atoms with van der Waals surface area (Å²) in [5.41, 5.74) is 0. The standard InChI is InChI=1S/C32H56N2O9/c1-6-11-12-13-14-15-16-17-18-19-20-21-22-23-26(36)40-24-25(35)27-28(42-31(38)33(7-2)8-3)29(30(37)41-27)43-32(39)34(9-4)10-5/h25,27,35H,6-24H2,1-5H3/t25-,27+/m0/s1. The van der Waals surface area contributed by atoms with Gasteiger partial charge < -0.3 is 33.9 Å². The van der Waals surface area contributed by atoms with Crippen LogP contribution in [0.5, 0.6) is 0 Å². The van der Waals surface area contributed by atoms with Crippen molar-refractivity contribution >= 4 is 24.1 Å². The van der Waals surface area contributed by atoms with Crippen molar-refractivity contribution in [3.8, 4) is 0 Å². The summed E-state index contributed by atoms with van der Waals surface area (Å²) in [6, 6.07) is 0. The number of aliphatic hydroxyl groups is 1. The first kappa shape index (κ1) is 38.2. The van der Waals surface area contributed by atoms with Crippen molar-refractivity contribution < 1.29 is 43.2 Å². The molecule has 0 saturated carbocycles. The first-order valence-corrected chi connectivity index (χ1v) is 16.5. The molecule has 43 heavy (non-hydrogen) atoms. The number of hydrogen-bond donors (Lipinski definition) is 1. The van der Waals surface area contributed by atoms with Crippen LogP contribution in [-0.4, -0.2) is 84.0 Å². The zero-order valence-electron chi connectivity index (χ0n) is 27.2. The van der Waals surface area contributed by atoms with Crippen molar-refractivity contribution in [1.82, 2.24) is 9.80 Å². The summed E-state index contributed by atoms with van der Waals surface area (Å²) in [5.74, 6) is -2.59. The highest BCUT2D eigenvalue weighted by atomic mass is 16.7. The molecule has 1 aliphatic heterocycles. The van der Waals surface area contributed by atoms with E-state index in [1.54, 1.807) is 27.7 Å². The van der Waals surface area contributed by atoms with Crippen LogP contribution < -0.4 is 0 Å². The number of carbonyl (C=O) groups excluding carboxylic acids is 4. The van der Waals surface area contributed by atoms with Gasteiger partial charge in [0.2, 0.25) is 5.76 Å². The third kappa shape index (κ3) is 14.5. The molecule has 1 heterocycles. The monoisotopic (exact) mass is 612 g/mol. The van der Waals surface area contributed by atoms with Gasteiger partial charge >= 0.3 is 24.1 Å². The van der Waals surface area contributed by atoms with Crippen molar-refractivity contribution in [2.45, 2.75) is 137 Å². The van der Waals surface area contributed by atoms with Crippen LogP contribution >= 0.6 is 0 Å². The second-order valence-electron chi connectivity index (χ2n) is 10.8. The van der Waals surface area contributed by atoms with Crippen molar-refractivity contribution in [3.05, 3.63) is 11.5 Å². The normalized spacial score (nSPS) is 15.2. The SMILES string of the molecule is CCCCCCCCCCCCCCCC(=O)OC[C@H](O)[C@H]1OC(=O)C(OC(=O)N(CC)CC)=C1OC(=O)N(CC)CC. The Hall–Kier alpha value is -2.82. The van der Waals surface area contributed by atoms with E-state index in [1.807, 2.05) is 0 Å². The molecule has 0 unspecified atom stereocenters. The van der Waals surface area contributed by atoms with Crippen molar-refractivity contribution in [2.24, 2.45) is 0 Å². The second kappa shape index (κ2) is 22.7. The van der Waals surface area contributed by atoms with E-state index in [0.29, 0.717) is 32.6 Å². The Morgan fingerprint density at radius 2 is 1.16 bits per heavy atom. The number of unbranched alkanes of at least 4 members (excludes halogenated alkanes) is 12. The summed E-state index contributed by atoms with van der Waals surface area (Å²) in [5, 5.41) is 10.7. The molecule has 11 nitrogen and oxygen atoms in total. The predicted molar refractivity (Wildman–Crippen MR) is 163 cm³/mol. The van der Waals surface area contributed by atoms with Crippen LogP contribution in [0.2, 0.25) is 0 Å². The smallest absolute Gasteiger partial charge is 0.415 e. The van der Waals surface area contributed by atoms with Gasteiger partial charge in [0.15, 0.2) is 6.10 Å². The number of cyclic esters (lactones) is 1. The summed E-state index contributed by atoms with van der Waals surface area (Å²) in [4.78, 5) is 52.8. The maximum atomic E-state index is 12.7. The van der Waals surface area contributed by atoms with Gasteiger partial charge in [0, 0.05) is 32.6 Å². The quantitative estimate of drug-likeness (QED) is 0.0784. The molecule has 0 fully saturated rings. The summed E-state index contributed by atoms with van der Waals surface area (Å²) >= 11 is 0. The molecule has 0 spiro atoms. The molecule has 2 atom stereocenters. The lowest BCUT2D eigenvalue weighted by Crippen LogP contribution is -2.37. The number of carbonyl (C=O) groups is 4. The van der Waals surface area contributed by atoms with Crippen LogP contribution in [0.15, 0.2) is 11.5 Å². The summed E-state index contributed by atoms with van der Waals surface area (Å²) in [6.07, 6.45) is 11.1. The van der Waals surface area contributed by atoms with Crippen LogP contribution in [0.4, 0.5) is 9.59 Å². The average Bonchev–Trinajstić information content (AvgIpc) is 3.29. The lowest BCUT2D eigenvalue weighted by Gasteiger charge is -2.23. The summed E-state index contributed by atoms with van der Waals surface area (Å²) in [6.45, 7) is 10.0. The van der Waals surface area contributed by atoms with E-state index in [-0.39, 0.29) is 6.42 Å². The Bertz CT molecular complexity index is 869. The van der Waals surface area contributed by atoms with E-state index in [9.17, 15) is 24.3 Å². The lowest BCUT2D eigenvalue weighted by atomic mass is 10.0. The Labute approximate surface area is 258 Å².